The molecule has 0 aliphatic carbocycles. The Kier molecular flexibility index (Phi) is 5.90. The molecule has 6 nitrogen and oxygen atoms in total. The van der Waals surface area contributed by atoms with Crippen molar-refractivity contribution < 1.29 is 23.8 Å². The third-order valence-electron chi connectivity index (χ3n) is 4.37. The normalized spacial score (nSPS) is 17.9. The van der Waals surface area contributed by atoms with Crippen LogP contribution in [0.25, 0.3) is 0 Å². The van der Waals surface area contributed by atoms with Crippen LogP contribution in [0.3, 0.4) is 0 Å². The van der Waals surface area contributed by atoms with Crippen LogP contribution in [0.15, 0.2) is 24.3 Å². The first-order valence-corrected chi connectivity index (χ1v) is 8.06. The van der Waals surface area contributed by atoms with Crippen molar-refractivity contribution in [2.45, 2.75) is 44.9 Å². The summed E-state index contributed by atoms with van der Waals surface area (Å²) in [7, 11) is 0. The number of nitrogens with one attached hydrogen (secondary N) is 1. The highest BCUT2D eigenvalue weighted by atomic mass is 19.1. The molecule has 1 atom stereocenters. The van der Waals surface area contributed by atoms with Gasteiger partial charge in [-0.05, 0) is 18.9 Å². The van der Waals surface area contributed by atoms with Gasteiger partial charge in [0.2, 0.25) is 0 Å². The fourth-order valence-corrected chi connectivity index (χ4v) is 2.76. The van der Waals surface area contributed by atoms with Crippen molar-refractivity contribution in [1.82, 2.24) is 10.2 Å². The molecule has 1 heterocycles. The SMILES string of the molecule is CCC1(CC)NC(=O)N(C[C@@H](O)COCc2ccccc2F)C1=O. The van der Waals surface area contributed by atoms with Gasteiger partial charge in [0.25, 0.3) is 5.91 Å². The van der Waals surface area contributed by atoms with Gasteiger partial charge >= 0.3 is 6.03 Å². The third-order valence-corrected chi connectivity index (χ3v) is 4.37. The quantitative estimate of drug-likeness (QED) is 0.709. The highest BCUT2D eigenvalue weighted by Crippen LogP contribution is 2.25. The lowest BCUT2D eigenvalue weighted by Gasteiger charge is -2.23. The molecule has 3 amide bonds. The summed E-state index contributed by atoms with van der Waals surface area (Å²) in [6.45, 7) is 3.43. The molecule has 0 unspecified atom stereocenters. The molecule has 0 bridgehead atoms. The summed E-state index contributed by atoms with van der Waals surface area (Å²) in [6.07, 6.45) is -0.0504. The zero-order chi connectivity index (χ0) is 17.7. The van der Waals surface area contributed by atoms with Crippen molar-refractivity contribution in [2.75, 3.05) is 13.2 Å². The monoisotopic (exact) mass is 338 g/mol. The molecule has 1 saturated heterocycles. The van der Waals surface area contributed by atoms with Gasteiger partial charge in [-0.15, -0.1) is 0 Å². The second kappa shape index (κ2) is 7.72. The Morgan fingerprint density at radius 3 is 2.54 bits per heavy atom. The lowest BCUT2D eigenvalue weighted by Crippen LogP contribution is -2.46. The molecule has 24 heavy (non-hydrogen) atoms. The zero-order valence-corrected chi connectivity index (χ0v) is 13.9. The van der Waals surface area contributed by atoms with E-state index in [9.17, 15) is 19.1 Å². The summed E-state index contributed by atoms with van der Waals surface area (Å²) in [5, 5.41) is 12.7. The van der Waals surface area contributed by atoms with Crippen LogP contribution in [0.5, 0.6) is 0 Å². The number of nitrogens with zero attached hydrogens (tertiary/aromatic N) is 1. The van der Waals surface area contributed by atoms with Crippen molar-refractivity contribution >= 4 is 11.9 Å². The number of hydrogen-bond donors (Lipinski definition) is 2. The van der Waals surface area contributed by atoms with E-state index in [1.165, 1.54) is 6.07 Å². The molecule has 1 fully saturated rings. The third kappa shape index (κ3) is 3.73. The van der Waals surface area contributed by atoms with Gasteiger partial charge < -0.3 is 15.2 Å². The molecule has 7 heteroatoms. The number of rotatable bonds is 8. The van der Waals surface area contributed by atoms with Crippen LogP contribution in [0.1, 0.15) is 32.3 Å². The molecule has 132 valence electrons. The molecule has 1 aliphatic heterocycles. The Morgan fingerprint density at radius 1 is 1.29 bits per heavy atom. The molecule has 0 radical (unpaired) electrons. The van der Waals surface area contributed by atoms with E-state index in [-0.39, 0.29) is 31.5 Å². The fraction of sp³-hybridized carbons (Fsp3) is 0.529. The molecular weight excluding hydrogens is 315 g/mol. The summed E-state index contributed by atoms with van der Waals surface area (Å²) in [6, 6.07) is 5.70. The Labute approximate surface area is 140 Å². The highest BCUT2D eigenvalue weighted by molar-refractivity contribution is 6.07. The summed E-state index contributed by atoms with van der Waals surface area (Å²) >= 11 is 0. The van der Waals surface area contributed by atoms with Crippen LogP contribution < -0.4 is 5.32 Å². The fourth-order valence-electron chi connectivity index (χ4n) is 2.76. The molecule has 2 N–H and O–H groups in total. The van der Waals surface area contributed by atoms with Gasteiger partial charge in [0, 0.05) is 5.56 Å². The number of benzene rings is 1. The van der Waals surface area contributed by atoms with Crippen LogP contribution >= 0.6 is 0 Å². The predicted octanol–water partition coefficient (Wildman–Crippen LogP) is 1.81. The molecule has 0 saturated carbocycles. The van der Waals surface area contributed by atoms with Gasteiger partial charge in [0.1, 0.15) is 11.4 Å². The summed E-state index contributed by atoms with van der Waals surface area (Å²) in [5.74, 6) is -0.706. The number of halogens is 1. The standard InChI is InChI=1S/C17H23FN2O4/c1-3-17(4-2)15(22)20(16(23)19-17)9-13(21)11-24-10-12-7-5-6-8-14(12)18/h5-8,13,21H,3-4,9-11H2,1-2H3,(H,19,23)/t13-/m1/s1. The van der Waals surface area contributed by atoms with Gasteiger partial charge in [-0.3, -0.25) is 9.69 Å². The van der Waals surface area contributed by atoms with E-state index < -0.39 is 17.7 Å². The van der Waals surface area contributed by atoms with Crippen LogP contribution in [-0.2, 0) is 16.1 Å². The summed E-state index contributed by atoms with van der Waals surface area (Å²) in [4.78, 5) is 25.4. The molecule has 0 spiro atoms. The number of imide groups is 1. The second-order valence-electron chi connectivity index (χ2n) is 5.90. The van der Waals surface area contributed by atoms with Crippen LogP contribution in [-0.4, -0.2) is 46.7 Å². The van der Waals surface area contributed by atoms with Crippen molar-refractivity contribution in [3.05, 3.63) is 35.6 Å². The van der Waals surface area contributed by atoms with Gasteiger partial charge in [0.15, 0.2) is 0 Å². The topological polar surface area (TPSA) is 78.9 Å². The van der Waals surface area contributed by atoms with Crippen molar-refractivity contribution in [3.8, 4) is 0 Å². The molecular formula is C17H23FN2O4. The van der Waals surface area contributed by atoms with E-state index in [2.05, 4.69) is 5.32 Å². The molecule has 0 aromatic heterocycles. The maximum atomic E-state index is 13.5. The highest BCUT2D eigenvalue weighted by Gasteiger charge is 2.48. The number of hydrogen-bond acceptors (Lipinski definition) is 4. The van der Waals surface area contributed by atoms with E-state index in [1.54, 1.807) is 18.2 Å². The number of amides is 3. The van der Waals surface area contributed by atoms with Crippen molar-refractivity contribution in [2.24, 2.45) is 0 Å². The van der Waals surface area contributed by atoms with Gasteiger partial charge in [-0.25, -0.2) is 9.18 Å². The van der Waals surface area contributed by atoms with Crippen LogP contribution in [0, 0.1) is 5.82 Å². The number of carbonyl (C=O) groups excluding carboxylic acids is 2. The predicted molar refractivity (Wildman–Crippen MR) is 85.6 cm³/mol. The largest absolute Gasteiger partial charge is 0.389 e. The van der Waals surface area contributed by atoms with Gasteiger partial charge in [0.05, 0.1) is 25.9 Å². The molecule has 1 aromatic carbocycles. The minimum Gasteiger partial charge on any atom is -0.389 e. The van der Waals surface area contributed by atoms with Gasteiger partial charge in [-0.1, -0.05) is 32.0 Å². The lowest BCUT2D eigenvalue weighted by molar-refractivity contribution is -0.133. The average molecular weight is 338 g/mol. The minimum absolute atomic E-state index is 0.0116. The van der Waals surface area contributed by atoms with Crippen LogP contribution in [0.2, 0.25) is 0 Å². The van der Waals surface area contributed by atoms with E-state index >= 15 is 0 Å². The first-order chi connectivity index (χ1) is 11.4. The van der Waals surface area contributed by atoms with E-state index in [1.807, 2.05) is 13.8 Å². The van der Waals surface area contributed by atoms with Gasteiger partial charge in [-0.2, -0.15) is 0 Å². The summed E-state index contributed by atoms with van der Waals surface area (Å²) < 4.78 is 18.7. The van der Waals surface area contributed by atoms with E-state index in [0.29, 0.717) is 18.4 Å². The Balaban J connectivity index is 1.86. The number of aliphatic hydroxyl groups is 1. The lowest BCUT2D eigenvalue weighted by atomic mass is 9.93. The molecule has 1 aliphatic rings. The van der Waals surface area contributed by atoms with E-state index in [0.717, 1.165) is 4.90 Å². The molecule has 2 rings (SSSR count). The number of aliphatic hydroxyl groups excluding tert-OH is 1. The Hall–Kier alpha value is -1.99. The summed E-state index contributed by atoms with van der Waals surface area (Å²) in [5.41, 5.74) is -0.499. The number of ether oxygens (including phenoxy) is 1. The average Bonchev–Trinajstić information content (AvgIpc) is 2.81. The molecule has 1 aromatic rings. The van der Waals surface area contributed by atoms with E-state index in [4.69, 9.17) is 4.74 Å². The van der Waals surface area contributed by atoms with Crippen molar-refractivity contribution in [1.29, 1.82) is 0 Å². The van der Waals surface area contributed by atoms with Crippen molar-refractivity contribution in [3.63, 3.8) is 0 Å². The smallest absolute Gasteiger partial charge is 0.325 e. The zero-order valence-electron chi connectivity index (χ0n) is 13.9. The Morgan fingerprint density at radius 2 is 1.96 bits per heavy atom. The number of urea groups is 1. The second-order valence-corrected chi connectivity index (χ2v) is 5.90. The first-order valence-electron chi connectivity index (χ1n) is 8.06. The first kappa shape index (κ1) is 18.4. The van der Waals surface area contributed by atoms with Crippen LogP contribution in [0.4, 0.5) is 9.18 Å². The minimum atomic E-state index is -1.03. The maximum Gasteiger partial charge on any atom is 0.325 e. The Bertz CT molecular complexity index is 604. The number of β-amino-alcohol motifs (C(OH)–C–C–N with tert-alkyl or cyclic N) is 1. The number of carbonyl (C=O) groups is 2. The maximum absolute atomic E-state index is 13.5.